The highest BCUT2D eigenvalue weighted by Crippen LogP contribution is 2.54. The molecule has 154 valence electrons. The summed E-state index contributed by atoms with van der Waals surface area (Å²) in [4.78, 5) is 24.8. The number of amides is 1. The molecule has 4 saturated carbocycles. The van der Waals surface area contributed by atoms with Crippen molar-refractivity contribution in [1.29, 1.82) is 0 Å². The van der Waals surface area contributed by atoms with Gasteiger partial charge in [-0.3, -0.25) is 5.10 Å². The summed E-state index contributed by atoms with van der Waals surface area (Å²) in [6.45, 7) is 1.51. The second kappa shape index (κ2) is 6.75. The van der Waals surface area contributed by atoms with Crippen molar-refractivity contribution in [1.82, 2.24) is 15.5 Å². The molecule has 4 aliphatic carbocycles. The third kappa shape index (κ3) is 3.26. The average molecular weight is 397 g/mol. The quantitative estimate of drug-likeness (QED) is 0.716. The van der Waals surface area contributed by atoms with Crippen molar-refractivity contribution in [2.24, 2.45) is 23.7 Å². The number of alkyl carbamates (subject to hydrolysis) is 1. The van der Waals surface area contributed by atoms with E-state index < -0.39 is 17.6 Å². The van der Waals surface area contributed by atoms with E-state index in [-0.39, 0.29) is 12.5 Å². The molecule has 4 aliphatic rings. The molecular weight excluding hydrogens is 370 g/mol. The summed E-state index contributed by atoms with van der Waals surface area (Å²) < 4.78 is 5.84. The van der Waals surface area contributed by atoms with Crippen LogP contribution in [0, 0.1) is 23.7 Å². The number of H-pyrrole nitrogens is 1. The number of benzene rings is 1. The van der Waals surface area contributed by atoms with E-state index in [1.54, 1.807) is 0 Å². The van der Waals surface area contributed by atoms with Crippen LogP contribution in [0.5, 0.6) is 0 Å². The minimum absolute atomic E-state index is 0.0725. The number of carboxylic acids is 1. The zero-order chi connectivity index (χ0) is 20.2. The van der Waals surface area contributed by atoms with Crippen LogP contribution < -0.4 is 5.32 Å². The summed E-state index contributed by atoms with van der Waals surface area (Å²) in [5.41, 5.74) is -0.0483. The Morgan fingerprint density at radius 1 is 1.17 bits per heavy atom. The van der Waals surface area contributed by atoms with Gasteiger partial charge in [0.1, 0.15) is 11.6 Å². The fraction of sp³-hybridized carbons (Fsp3) is 0.591. The molecule has 0 unspecified atom stereocenters. The number of carbonyl (C=O) groups is 2. The Bertz CT molecular complexity index is 926. The van der Waals surface area contributed by atoms with Crippen LogP contribution in [0.3, 0.4) is 0 Å². The van der Waals surface area contributed by atoms with Crippen molar-refractivity contribution >= 4 is 23.0 Å². The Morgan fingerprint density at radius 2 is 1.83 bits per heavy atom. The number of hydrogen-bond acceptors (Lipinski definition) is 4. The minimum Gasteiger partial charge on any atom is -0.480 e. The lowest BCUT2D eigenvalue weighted by Crippen LogP contribution is -2.56. The molecule has 4 bridgehead atoms. The average Bonchev–Trinajstić information content (AvgIpc) is 3.07. The molecule has 7 nitrogen and oxygen atoms in total. The van der Waals surface area contributed by atoms with Crippen LogP contribution >= 0.6 is 0 Å². The van der Waals surface area contributed by atoms with Crippen molar-refractivity contribution in [3.05, 3.63) is 30.0 Å². The van der Waals surface area contributed by atoms with E-state index in [2.05, 4.69) is 15.5 Å². The number of carbonyl (C=O) groups excluding carboxylic acids is 1. The first-order valence-corrected chi connectivity index (χ1v) is 10.6. The van der Waals surface area contributed by atoms with Crippen molar-refractivity contribution in [3.8, 4) is 0 Å². The first-order valence-electron chi connectivity index (χ1n) is 10.6. The lowest BCUT2D eigenvalue weighted by Gasteiger charge is -2.53. The van der Waals surface area contributed by atoms with Crippen LogP contribution in [0.2, 0.25) is 0 Å². The Morgan fingerprint density at radius 3 is 2.48 bits per heavy atom. The highest BCUT2D eigenvalue weighted by Gasteiger charge is 2.50. The molecule has 29 heavy (non-hydrogen) atoms. The summed E-state index contributed by atoms with van der Waals surface area (Å²) in [5, 5.41) is 20.5. The van der Waals surface area contributed by atoms with Crippen molar-refractivity contribution < 1.29 is 19.4 Å². The molecular formula is C22H27N3O4. The summed E-state index contributed by atoms with van der Waals surface area (Å²) in [5.74, 6) is 1.34. The van der Waals surface area contributed by atoms with Gasteiger partial charge in [-0.2, -0.15) is 5.10 Å². The second-order valence-electron chi connectivity index (χ2n) is 9.46. The number of nitrogens with one attached hydrogen (secondary N) is 2. The monoisotopic (exact) mass is 397 g/mol. The Kier molecular flexibility index (Phi) is 4.29. The topological polar surface area (TPSA) is 104 Å². The van der Waals surface area contributed by atoms with Crippen molar-refractivity contribution in [2.45, 2.75) is 57.1 Å². The Balaban J connectivity index is 1.30. The Hall–Kier alpha value is -2.57. The third-order valence-corrected chi connectivity index (χ3v) is 7.30. The van der Waals surface area contributed by atoms with Crippen molar-refractivity contribution in [2.75, 3.05) is 0 Å². The number of aliphatic carboxylic acids is 1. The van der Waals surface area contributed by atoms with Gasteiger partial charge in [-0.25, -0.2) is 9.59 Å². The molecule has 0 saturated heterocycles. The van der Waals surface area contributed by atoms with E-state index in [9.17, 15) is 14.7 Å². The first-order chi connectivity index (χ1) is 13.9. The molecule has 1 aromatic heterocycles. The van der Waals surface area contributed by atoms with Gasteiger partial charge in [0.2, 0.25) is 0 Å². The van der Waals surface area contributed by atoms with Crippen LogP contribution in [0.4, 0.5) is 4.79 Å². The van der Waals surface area contributed by atoms with Gasteiger partial charge < -0.3 is 15.2 Å². The van der Waals surface area contributed by atoms with E-state index >= 15 is 0 Å². The first kappa shape index (κ1) is 18.5. The number of ether oxygens (including phenoxy) is 1. The highest BCUT2D eigenvalue weighted by molar-refractivity contribution is 5.86. The largest absolute Gasteiger partial charge is 0.480 e. The number of para-hydroxylation sites is 1. The summed E-state index contributed by atoms with van der Waals surface area (Å²) in [6.07, 6.45) is 5.25. The molecule has 7 heteroatoms. The van der Waals surface area contributed by atoms with Gasteiger partial charge in [-0.05, 0) is 68.8 Å². The van der Waals surface area contributed by atoms with Crippen LogP contribution in [-0.4, -0.2) is 39.0 Å². The number of rotatable bonds is 5. The summed E-state index contributed by atoms with van der Waals surface area (Å²) >= 11 is 0. The molecule has 1 amide bonds. The van der Waals surface area contributed by atoms with Crippen molar-refractivity contribution in [3.63, 3.8) is 0 Å². The number of nitrogens with zero attached hydrogens (tertiary/aromatic N) is 1. The predicted octanol–water partition coefficient (Wildman–Crippen LogP) is 3.50. The van der Waals surface area contributed by atoms with Gasteiger partial charge in [-0.1, -0.05) is 18.2 Å². The van der Waals surface area contributed by atoms with E-state index in [1.165, 1.54) is 13.3 Å². The van der Waals surface area contributed by atoms with E-state index in [1.807, 2.05) is 24.3 Å². The molecule has 2 aromatic rings. The van der Waals surface area contributed by atoms with Gasteiger partial charge in [-0.15, -0.1) is 0 Å². The van der Waals surface area contributed by atoms with Crippen LogP contribution in [0.15, 0.2) is 24.3 Å². The highest BCUT2D eigenvalue weighted by atomic mass is 16.6. The molecule has 0 spiro atoms. The second-order valence-corrected chi connectivity index (χ2v) is 9.46. The predicted molar refractivity (Wildman–Crippen MR) is 106 cm³/mol. The number of carboxylic acid groups (broad SMARTS) is 1. The Labute approximate surface area is 169 Å². The van der Waals surface area contributed by atoms with Gasteiger partial charge in [0, 0.05) is 11.8 Å². The fourth-order valence-electron chi connectivity index (χ4n) is 6.11. The molecule has 1 heterocycles. The number of hydrogen-bond donors (Lipinski definition) is 3. The molecule has 1 atom stereocenters. The van der Waals surface area contributed by atoms with Crippen LogP contribution in [0.25, 0.3) is 10.9 Å². The minimum atomic E-state index is -1.50. The van der Waals surface area contributed by atoms with E-state index in [4.69, 9.17) is 4.74 Å². The lowest BCUT2D eigenvalue weighted by molar-refractivity contribution is -0.144. The number of aromatic nitrogens is 2. The smallest absolute Gasteiger partial charge is 0.408 e. The van der Waals surface area contributed by atoms with Crippen LogP contribution in [0.1, 0.15) is 44.7 Å². The molecule has 3 N–H and O–H groups in total. The standard InChI is InChI=1S/C22H27N3O4/c1-22(20(26)27,11-18-16-4-2-3-5-17(16)24-25-18)23-21(28)29-19-14-7-12-6-13(9-14)10-15(19)8-12/h2-5,12-15,19H,6-11H2,1H3,(H,23,28)(H,24,25)(H,26,27)/t12?,13?,14?,15?,19?,22-/m0/s1. The third-order valence-electron chi connectivity index (χ3n) is 7.30. The van der Waals surface area contributed by atoms with Crippen LogP contribution in [-0.2, 0) is 16.0 Å². The maximum absolute atomic E-state index is 12.7. The summed E-state index contributed by atoms with van der Waals surface area (Å²) in [6, 6.07) is 7.55. The number of fused-ring (bicyclic) bond motifs is 1. The van der Waals surface area contributed by atoms with Gasteiger partial charge >= 0.3 is 12.1 Å². The normalized spacial score (nSPS) is 32.1. The summed E-state index contributed by atoms with van der Waals surface area (Å²) in [7, 11) is 0. The maximum Gasteiger partial charge on any atom is 0.408 e. The van der Waals surface area contributed by atoms with Gasteiger partial charge in [0.15, 0.2) is 0 Å². The lowest BCUT2D eigenvalue weighted by atomic mass is 9.55. The van der Waals surface area contributed by atoms with E-state index in [0.717, 1.165) is 48.4 Å². The molecule has 6 rings (SSSR count). The molecule has 1 aromatic carbocycles. The molecule has 0 aliphatic heterocycles. The maximum atomic E-state index is 12.7. The fourth-order valence-corrected chi connectivity index (χ4v) is 6.11. The zero-order valence-electron chi connectivity index (χ0n) is 16.6. The molecule has 4 fully saturated rings. The van der Waals surface area contributed by atoms with E-state index in [0.29, 0.717) is 17.5 Å². The van der Waals surface area contributed by atoms with Gasteiger partial charge in [0.25, 0.3) is 0 Å². The SMILES string of the molecule is C[C@@](Cc1n[nH]c2ccccc12)(NC(=O)OC1C2CC3CC(C2)CC1C3)C(=O)O. The number of aromatic amines is 1. The molecule has 0 radical (unpaired) electrons. The van der Waals surface area contributed by atoms with Gasteiger partial charge in [0.05, 0.1) is 11.2 Å². The zero-order valence-corrected chi connectivity index (χ0v) is 16.6.